The summed E-state index contributed by atoms with van der Waals surface area (Å²) < 4.78 is 29.2. The molecule has 0 bridgehead atoms. The van der Waals surface area contributed by atoms with Gasteiger partial charge in [-0.25, -0.2) is 8.78 Å². The van der Waals surface area contributed by atoms with Crippen LogP contribution in [0.5, 0.6) is 0 Å². The smallest absolute Gasteiger partial charge is 0.140 e. The molecule has 0 saturated heterocycles. The molecule has 0 spiro atoms. The molecule has 0 nitrogen and oxygen atoms in total. The second-order valence-electron chi connectivity index (χ2n) is 9.68. The van der Waals surface area contributed by atoms with Gasteiger partial charge in [-0.05, 0) is 73.2 Å². The molecule has 0 heterocycles. The predicted molar refractivity (Wildman–Crippen MR) is 152 cm³/mol. The van der Waals surface area contributed by atoms with Gasteiger partial charge in [0, 0.05) is 11.1 Å². The molecule has 0 amide bonds. The molecule has 0 atom stereocenters. The molecule has 0 aliphatic heterocycles. The second kappa shape index (κ2) is 15.7. The maximum atomic E-state index is 14.6. The summed E-state index contributed by atoms with van der Waals surface area (Å²) >= 11 is 0. The van der Waals surface area contributed by atoms with E-state index in [-0.39, 0.29) is 11.1 Å². The predicted octanol–water partition coefficient (Wildman–Crippen LogP) is 9.40. The van der Waals surface area contributed by atoms with Crippen molar-refractivity contribution in [2.45, 2.75) is 84.5 Å². The fraction of sp³-hybridized carbons (Fsp3) is 0.371. The summed E-state index contributed by atoms with van der Waals surface area (Å²) in [4.78, 5) is 0. The number of benzene rings is 3. The first-order valence-electron chi connectivity index (χ1n) is 13.8. The molecule has 0 radical (unpaired) electrons. The van der Waals surface area contributed by atoms with Gasteiger partial charge in [0.15, 0.2) is 0 Å². The standard InChI is InChI=1S/C35H38F2/c1-3-5-7-8-9-10-11-13-29-16-20-31(21-17-29)23-25-33-27-34(36)32(26-35(33)37)24-22-30-18-14-28(15-19-30)12-6-4-2/h14-21,26-27H,3-13H2,1-2H3. The van der Waals surface area contributed by atoms with Gasteiger partial charge >= 0.3 is 0 Å². The summed E-state index contributed by atoms with van der Waals surface area (Å²) in [5.74, 6) is 10.3. The molecule has 0 aliphatic rings. The van der Waals surface area contributed by atoms with Crippen molar-refractivity contribution in [2.75, 3.05) is 0 Å². The maximum absolute atomic E-state index is 14.6. The molecule has 3 aromatic rings. The van der Waals surface area contributed by atoms with Gasteiger partial charge in [0.25, 0.3) is 0 Å². The van der Waals surface area contributed by atoms with Gasteiger partial charge in [-0.1, -0.05) is 107 Å². The van der Waals surface area contributed by atoms with Gasteiger partial charge in [0.1, 0.15) is 11.6 Å². The summed E-state index contributed by atoms with van der Waals surface area (Å²) in [6.45, 7) is 4.41. The molecular formula is C35H38F2. The summed E-state index contributed by atoms with van der Waals surface area (Å²) in [5, 5.41) is 0. The Labute approximate surface area is 222 Å². The van der Waals surface area contributed by atoms with Gasteiger partial charge < -0.3 is 0 Å². The molecule has 3 aromatic carbocycles. The Bertz CT molecular complexity index is 1230. The van der Waals surface area contributed by atoms with E-state index >= 15 is 0 Å². The highest BCUT2D eigenvalue weighted by atomic mass is 19.1. The van der Waals surface area contributed by atoms with Crippen LogP contribution in [0.4, 0.5) is 8.78 Å². The fourth-order valence-electron chi connectivity index (χ4n) is 4.19. The maximum Gasteiger partial charge on any atom is 0.140 e. The number of halogens is 2. The normalized spacial score (nSPS) is 10.4. The fourth-order valence-corrected chi connectivity index (χ4v) is 4.19. The van der Waals surface area contributed by atoms with E-state index < -0.39 is 11.6 Å². The number of hydrogen-bond donors (Lipinski definition) is 0. The quantitative estimate of drug-likeness (QED) is 0.183. The van der Waals surface area contributed by atoms with Crippen LogP contribution in [0.25, 0.3) is 0 Å². The van der Waals surface area contributed by atoms with Crippen LogP contribution < -0.4 is 0 Å². The lowest BCUT2D eigenvalue weighted by molar-refractivity contribution is 0.589. The zero-order valence-electron chi connectivity index (χ0n) is 22.3. The highest BCUT2D eigenvalue weighted by molar-refractivity contribution is 5.49. The van der Waals surface area contributed by atoms with E-state index in [1.54, 1.807) is 0 Å². The van der Waals surface area contributed by atoms with Crippen LogP contribution in [-0.4, -0.2) is 0 Å². The van der Waals surface area contributed by atoms with Crippen molar-refractivity contribution >= 4 is 0 Å². The average Bonchev–Trinajstić information content (AvgIpc) is 2.92. The van der Waals surface area contributed by atoms with E-state index in [2.05, 4.69) is 49.7 Å². The Kier molecular flexibility index (Phi) is 12.0. The van der Waals surface area contributed by atoms with Crippen molar-refractivity contribution < 1.29 is 8.78 Å². The molecule has 0 fully saturated rings. The number of unbranched alkanes of at least 4 members (excludes halogenated alkanes) is 7. The molecule has 192 valence electrons. The Hall–Kier alpha value is -3.36. The largest absolute Gasteiger partial charge is 0.206 e. The molecule has 3 rings (SSSR count). The highest BCUT2D eigenvalue weighted by Crippen LogP contribution is 2.15. The Morgan fingerprint density at radius 3 is 1.35 bits per heavy atom. The second-order valence-corrected chi connectivity index (χ2v) is 9.68. The third kappa shape index (κ3) is 9.90. The van der Waals surface area contributed by atoms with Gasteiger partial charge in [-0.2, -0.15) is 0 Å². The van der Waals surface area contributed by atoms with E-state index in [1.165, 1.54) is 56.1 Å². The number of rotatable bonds is 11. The molecular weight excluding hydrogens is 458 g/mol. The van der Waals surface area contributed by atoms with Gasteiger partial charge in [-0.3, -0.25) is 0 Å². The van der Waals surface area contributed by atoms with Crippen molar-refractivity contribution in [2.24, 2.45) is 0 Å². The Morgan fingerprint density at radius 1 is 0.486 bits per heavy atom. The minimum atomic E-state index is -0.567. The molecule has 0 aromatic heterocycles. The molecule has 0 N–H and O–H groups in total. The first-order valence-corrected chi connectivity index (χ1v) is 13.8. The third-order valence-electron chi connectivity index (χ3n) is 6.54. The summed E-state index contributed by atoms with van der Waals surface area (Å²) in [6, 6.07) is 18.2. The molecule has 0 saturated carbocycles. The first-order chi connectivity index (χ1) is 18.1. The zero-order chi connectivity index (χ0) is 26.3. The van der Waals surface area contributed by atoms with E-state index in [0.717, 1.165) is 48.9 Å². The van der Waals surface area contributed by atoms with E-state index in [1.807, 2.05) is 36.4 Å². The third-order valence-corrected chi connectivity index (χ3v) is 6.54. The molecule has 0 aliphatic carbocycles. The van der Waals surface area contributed by atoms with Crippen molar-refractivity contribution in [3.05, 3.63) is 106 Å². The number of aryl methyl sites for hydroxylation is 2. The monoisotopic (exact) mass is 496 g/mol. The lowest BCUT2D eigenvalue weighted by Crippen LogP contribution is -1.92. The summed E-state index contributed by atoms with van der Waals surface area (Å²) in [5.41, 5.74) is 4.18. The van der Waals surface area contributed by atoms with Crippen molar-refractivity contribution in [1.82, 2.24) is 0 Å². The summed E-state index contributed by atoms with van der Waals surface area (Å²) in [7, 11) is 0. The van der Waals surface area contributed by atoms with E-state index in [0.29, 0.717) is 0 Å². The topological polar surface area (TPSA) is 0 Å². The van der Waals surface area contributed by atoms with Gasteiger partial charge in [-0.15, -0.1) is 0 Å². The zero-order valence-corrected chi connectivity index (χ0v) is 22.3. The van der Waals surface area contributed by atoms with Crippen LogP contribution in [0.15, 0.2) is 60.7 Å². The average molecular weight is 497 g/mol. The van der Waals surface area contributed by atoms with Crippen molar-refractivity contribution in [1.29, 1.82) is 0 Å². The minimum absolute atomic E-state index is 0.0350. The van der Waals surface area contributed by atoms with Crippen LogP contribution >= 0.6 is 0 Å². The van der Waals surface area contributed by atoms with Crippen molar-refractivity contribution in [3.8, 4) is 23.7 Å². The highest BCUT2D eigenvalue weighted by Gasteiger charge is 2.07. The summed E-state index contributed by atoms with van der Waals surface area (Å²) in [6.07, 6.45) is 13.5. The Morgan fingerprint density at radius 2 is 0.892 bits per heavy atom. The van der Waals surface area contributed by atoms with Gasteiger partial charge in [0.2, 0.25) is 0 Å². The minimum Gasteiger partial charge on any atom is -0.206 e. The SMILES string of the molecule is CCCCCCCCCc1ccc(C#Cc2cc(F)c(C#Cc3ccc(CCCC)cc3)cc2F)cc1. The molecule has 37 heavy (non-hydrogen) atoms. The van der Waals surface area contributed by atoms with E-state index in [4.69, 9.17) is 0 Å². The van der Waals surface area contributed by atoms with Crippen molar-refractivity contribution in [3.63, 3.8) is 0 Å². The van der Waals surface area contributed by atoms with Crippen LogP contribution in [0.1, 0.15) is 105 Å². The molecule has 0 unspecified atom stereocenters. The van der Waals surface area contributed by atoms with Crippen LogP contribution in [0.3, 0.4) is 0 Å². The lowest BCUT2D eigenvalue weighted by Gasteiger charge is -2.03. The van der Waals surface area contributed by atoms with Crippen LogP contribution in [-0.2, 0) is 12.8 Å². The first kappa shape index (κ1) is 28.2. The van der Waals surface area contributed by atoms with E-state index in [9.17, 15) is 8.78 Å². The number of hydrogen-bond acceptors (Lipinski definition) is 0. The molecule has 2 heteroatoms. The van der Waals surface area contributed by atoms with Crippen LogP contribution in [0, 0.1) is 35.3 Å². The Balaban J connectivity index is 1.57. The lowest BCUT2D eigenvalue weighted by atomic mass is 10.0. The van der Waals surface area contributed by atoms with Crippen LogP contribution in [0.2, 0.25) is 0 Å². The van der Waals surface area contributed by atoms with Gasteiger partial charge in [0.05, 0.1) is 11.1 Å².